The quantitative estimate of drug-likeness (QED) is 0.532. The second-order valence-electron chi connectivity index (χ2n) is 3.05. The summed E-state index contributed by atoms with van der Waals surface area (Å²) in [6.45, 7) is 0. The first kappa shape index (κ1) is 10.9. The van der Waals surface area contributed by atoms with E-state index in [4.69, 9.17) is 4.74 Å². The number of nitrogens with zero attached hydrogens (tertiary/aromatic N) is 5. The Morgan fingerprint density at radius 2 is 2.18 bits per heavy atom. The summed E-state index contributed by atoms with van der Waals surface area (Å²) in [5.74, 6) is -0.132. The number of rotatable bonds is 3. The average Bonchev–Trinajstić information content (AvgIpc) is 2.74. The third kappa shape index (κ3) is 1.57. The fourth-order valence-corrected chi connectivity index (χ4v) is 1.46. The summed E-state index contributed by atoms with van der Waals surface area (Å²) < 4.78 is 4.88. The maximum Gasteiger partial charge on any atom is 0.322 e. The number of fused-ring (bicyclic) bond motifs is 1. The lowest BCUT2D eigenvalue weighted by Gasteiger charge is -2.25. The van der Waals surface area contributed by atoms with Crippen molar-refractivity contribution in [1.82, 2.24) is 10.5 Å². The average molecular weight is 242 g/mol. The van der Waals surface area contributed by atoms with E-state index < -0.39 is 27.5 Å². The Balaban J connectivity index is 2.54. The molecule has 0 spiro atoms. The van der Waals surface area contributed by atoms with E-state index >= 15 is 0 Å². The van der Waals surface area contributed by atoms with Gasteiger partial charge in [0.1, 0.15) is 0 Å². The van der Waals surface area contributed by atoms with Crippen LogP contribution in [0.4, 0.5) is 0 Å². The van der Waals surface area contributed by atoms with Gasteiger partial charge in [0, 0.05) is 7.11 Å². The number of hydrazine groups is 1. The number of hydrogen-bond donors (Lipinski definition) is 1. The summed E-state index contributed by atoms with van der Waals surface area (Å²) in [5, 5.41) is 29.4. The number of nitro groups is 2. The molecule has 2 heterocycles. The van der Waals surface area contributed by atoms with Crippen LogP contribution in [0.5, 0.6) is 0 Å². The van der Waals surface area contributed by atoms with Crippen LogP contribution in [-0.2, 0) is 4.74 Å². The van der Waals surface area contributed by atoms with Gasteiger partial charge in [-0.25, -0.2) is 5.01 Å². The van der Waals surface area contributed by atoms with Crippen LogP contribution in [0.1, 0.15) is 0 Å². The molecule has 0 aromatic heterocycles. The number of ether oxygens (including phenoxy) is 1. The van der Waals surface area contributed by atoms with Crippen LogP contribution in [-0.4, -0.2) is 28.2 Å². The maximum absolute atomic E-state index is 10.8. The molecule has 0 aliphatic carbocycles. The molecule has 90 valence electrons. The Morgan fingerprint density at radius 1 is 1.47 bits per heavy atom. The van der Waals surface area contributed by atoms with Crippen LogP contribution >= 0.6 is 0 Å². The highest BCUT2D eigenvalue weighted by Crippen LogP contribution is 2.29. The van der Waals surface area contributed by atoms with Crippen LogP contribution in [0.25, 0.3) is 0 Å². The van der Waals surface area contributed by atoms with Crippen LogP contribution in [0.3, 0.4) is 0 Å². The van der Waals surface area contributed by atoms with Crippen molar-refractivity contribution in [2.24, 2.45) is 10.3 Å². The SMILES string of the molecule is COC1C([N+](=O)[O-])=CC([N+](=O)[O-])=C2N=NNN21. The van der Waals surface area contributed by atoms with Crippen molar-refractivity contribution < 1.29 is 14.6 Å². The number of methoxy groups -OCH3 is 1. The van der Waals surface area contributed by atoms with Crippen LogP contribution in [0, 0.1) is 20.2 Å². The molecule has 0 aromatic rings. The van der Waals surface area contributed by atoms with Crippen molar-refractivity contribution in [3.05, 3.63) is 43.5 Å². The first-order valence-electron chi connectivity index (χ1n) is 4.29. The molecular formula is C6H6N6O5. The molecule has 1 unspecified atom stereocenters. The van der Waals surface area contributed by atoms with Crippen LogP contribution < -0.4 is 5.53 Å². The fourth-order valence-electron chi connectivity index (χ4n) is 1.46. The summed E-state index contributed by atoms with van der Waals surface area (Å²) in [4.78, 5) is 20.0. The van der Waals surface area contributed by atoms with Gasteiger partial charge < -0.3 is 4.74 Å². The number of nitrogens with one attached hydrogen (secondary N) is 1. The lowest BCUT2D eigenvalue weighted by atomic mass is 10.2. The molecule has 1 N–H and O–H groups in total. The first-order valence-corrected chi connectivity index (χ1v) is 4.29. The van der Waals surface area contributed by atoms with E-state index in [0.717, 1.165) is 11.1 Å². The molecule has 2 rings (SSSR count). The van der Waals surface area contributed by atoms with E-state index in [1.54, 1.807) is 0 Å². The van der Waals surface area contributed by atoms with E-state index in [9.17, 15) is 20.2 Å². The van der Waals surface area contributed by atoms with Gasteiger partial charge in [-0.3, -0.25) is 20.2 Å². The third-order valence-electron chi connectivity index (χ3n) is 2.16. The molecule has 0 saturated heterocycles. The summed E-state index contributed by atoms with van der Waals surface area (Å²) in [6, 6.07) is 0. The maximum atomic E-state index is 10.8. The first-order chi connectivity index (χ1) is 8.06. The monoisotopic (exact) mass is 242 g/mol. The van der Waals surface area contributed by atoms with Gasteiger partial charge in [-0.1, -0.05) is 5.22 Å². The molecule has 0 radical (unpaired) electrons. The predicted molar refractivity (Wildman–Crippen MR) is 49.7 cm³/mol. The minimum Gasteiger partial charge on any atom is -0.350 e. The smallest absolute Gasteiger partial charge is 0.322 e. The highest BCUT2D eigenvalue weighted by atomic mass is 16.6. The fraction of sp³-hybridized carbons (Fsp3) is 0.333. The highest BCUT2D eigenvalue weighted by Gasteiger charge is 2.44. The molecular weight excluding hydrogens is 236 g/mol. The molecule has 17 heavy (non-hydrogen) atoms. The van der Waals surface area contributed by atoms with E-state index in [2.05, 4.69) is 15.9 Å². The van der Waals surface area contributed by atoms with Gasteiger partial charge >= 0.3 is 11.4 Å². The van der Waals surface area contributed by atoms with E-state index in [-0.39, 0.29) is 5.82 Å². The molecule has 0 amide bonds. The second kappa shape index (κ2) is 3.79. The van der Waals surface area contributed by atoms with Gasteiger partial charge in [0.2, 0.25) is 6.23 Å². The van der Waals surface area contributed by atoms with E-state index in [0.29, 0.717) is 0 Å². The van der Waals surface area contributed by atoms with Gasteiger partial charge in [0.05, 0.1) is 15.9 Å². The predicted octanol–water partition coefficient (Wildman–Crippen LogP) is -0.234. The summed E-state index contributed by atoms with van der Waals surface area (Å²) in [6.07, 6.45) is -0.315. The molecule has 2 aliphatic heterocycles. The van der Waals surface area contributed by atoms with Crippen molar-refractivity contribution in [2.45, 2.75) is 6.23 Å². The van der Waals surface area contributed by atoms with E-state index in [1.165, 1.54) is 7.11 Å². The zero-order chi connectivity index (χ0) is 12.6. The summed E-state index contributed by atoms with van der Waals surface area (Å²) >= 11 is 0. The van der Waals surface area contributed by atoms with Crippen molar-refractivity contribution >= 4 is 0 Å². The Bertz CT molecular complexity index is 481. The lowest BCUT2D eigenvalue weighted by Crippen LogP contribution is -2.45. The molecule has 11 heteroatoms. The Hall–Kier alpha value is -2.56. The van der Waals surface area contributed by atoms with Gasteiger partial charge in [0.25, 0.3) is 5.82 Å². The van der Waals surface area contributed by atoms with Gasteiger partial charge in [0.15, 0.2) is 0 Å². The van der Waals surface area contributed by atoms with Crippen molar-refractivity contribution in [3.8, 4) is 0 Å². The van der Waals surface area contributed by atoms with Gasteiger partial charge in [-0.2, -0.15) is 5.53 Å². The minimum atomic E-state index is -1.13. The Kier molecular flexibility index (Phi) is 2.44. The normalized spacial score (nSPS) is 22.1. The molecule has 0 aromatic carbocycles. The largest absolute Gasteiger partial charge is 0.350 e. The topological polar surface area (TPSA) is 136 Å². The zero-order valence-electron chi connectivity index (χ0n) is 8.43. The van der Waals surface area contributed by atoms with E-state index in [1.807, 2.05) is 0 Å². The molecule has 1 atom stereocenters. The molecule has 0 fully saturated rings. The Morgan fingerprint density at radius 3 is 2.71 bits per heavy atom. The minimum absolute atomic E-state index is 0.132. The zero-order valence-corrected chi connectivity index (χ0v) is 8.43. The Labute approximate surface area is 93.3 Å². The highest BCUT2D eigenvalue weighted by molar-refractivity contribution is 5.27. The van der Waals surface area contributed by atoms with Gasteiger partial charge in [-0.05, 0) is 0 Å². The van der Waals surface area contributed by atoms with Crippen molar-refractivity contribution in [2.75, 3.05) is 7.11 Å². The lowest BCUT2D eigenvalue weighted by molar-refractivity contribution is -0.452. The molecule has 0 bridgehead atoms. The van der Waals surface area contributed by atoms with Crippen molar-refractivity contribution in [1.29, 1.82) is 0 Å². The third-order valence-corrected chi connectivity index (χ3v) is 2.16. The second-order valence-corrected chi connectivity index (χ2v) is 3.05. The summed E-state index contributed by atoms with van der Waals surface area (Å²) in [7, 11) is 1.23. The number of allylic oxidation sites excluding steroid dienone is 1. The molecule has 0 saturated carbocycles. The van der Waals surface area contributed by atoms with Crippen molar-refractivity contribution in [3.63, 3.8) is 0 Å². The number of hydrogen-bond acceptors (Lipinski definition) is 9. The van der Waals surface area contributed by atoms with Gasteiger partial charge in [-0.15, -0.1) is 5.11 Å². The molecule has 11 nitrogen and oxygen atoms in total. The van der Waals surface area contributed by atoms with Crippen LogP contribution in [0.15, 0.2) is 33.6 Å². The molecule has 2 aliphatic rings. The summed E-state index contributed by atoms with van der Waals surface area (Å²) in [5.41, 5.74) is 1.30. The standard InChI is InChI=1S/C6H6N6O5/c1-17-6-4(12(15)16)2-3(11(13)14)5-7-8-9-10(5)6/h2,6H,1H3,(H,7,9). The van der Waals surface area contributed by atoms with Crippen LogP contribution in [0.2, 0.25) is 0 Å².